The maximum absolute atomic E-state index is 12.1. The van der Waals surface area contributed by atoms with Crippen molar-refractivity contribution in [2.24, 2.45) is 0 Å². The molecule has 0 aromatic heterocycles. The number of ether oxygens (including phenoxy) is 2. The highest BCUT2D eigenvalue weighted by Gasteiger charge is 2.06. The zero-order valence-corrected chi connectivity index (χ0v) is 14.8. The Labute approximate surface area is 152 Å². The van der Waals surface area contributed by atoms with E-state index in [1.54, 1.807) is 44.6 Å². The van der Waals surface area contributed by atoms with Gasteiger partial charge in [-0.2, -0.15) is 0 Å². The van der Waals surface area contributed by atoms with Crippen LogP contribution in [0.5, 0.6) is 5.75 Å². The van der Waals surface area contributed by atoms with E-state index < -0.39 is 0 Å². The van der Waals surface area contributed by atoms with Gasteiger partial charge in [-0.15, -0.1) is 0 Å². The normalized spacial score (nSPS) is 10.5. The van der Waals surface area contributed by atoms with Gasteiger partial charge in [0.15, 0.2) is 0 Å². The van der Waals surface area contributed by atoms with Gasteiger partial charge in [0.25, 0.3) is 5.91 Å². The van der Waals surface area contributed by atoms with Crippen LogP contribution in [0.1, 0.15) is 15.9 Å². The van der Waals surface area contributed by atoms with E-state index in [-0.39, 0.29) is 11.8 Å². The molecule has 0 fully saturated rings. The van der Waals surface area contributed by atoms with Crippen molar-refractivity contribution in [2.75, 3.05) is 32.7 Å². The molecule has 2 aromatic rings. The fourth-order valence-corrected chi connectivity index (χ4v) is 2.18. The molecule has 136 valence electrons. The van der Waals surface area contributed by atoms with Crippen molar-refractivity contribution in [1.29, 1.82) is 0 Å². The topological polar surface area (TPSA) is 76.7 Å². The second-order valence-corrected chi connectivity index (χ2v) is 5.43. The van der Waals surface area contributed by atoms with Gasteiger partial charge in [0, 0.05) is 31.0 Å². The monoisotopic (exact) mass is 354 g/mol. The second-order valence-electron chi connectivity index (χ2n) is 5.43. The predicted molar refractivity (Wildman–Crippen MR) is 101 cm³/mol. The van der Waals surface area contributed by atoms with Crippen LogP contribution in [0.4, 0.5) is 5.69 Å². The Morgan fingerprint density at radius 3 is 2.54 bits per heavy atom. The highest BCUT2D eigenvalue weighted by Crippen LogP contribution is 2.13. The largest absolute Gasteiger partial charge is 0.497 e. The summed E-state index contributed by atoms with van der Waals surface area (Å²) in [4.78, 5) is 24.1. The minimum atomic E-state index is -0.280. The highest BCUT2D eigenvalue weighted by molar-refractivity contribution is 6.03. The number of carbonyl (C=O) groups is 2. The van der Waals surface area contributed by atoms with E-state index in [0.29, 0.717) is 24.4 Å². The van der Waals surface area contributed by atoms with Crippen LogP contribution >= 0.6 is 0 Å². The predicted octanol–water partition coefficient (Wildman–Crippen LogP) is 2.72. The average Bonchev–Trinajstić information content (AvgIpc) is 2.67. The Bertz CT molecular complexity index is 770. The molecule has 2 N–H and O–H groups in total. The van der Waals surface area contributed by atoms with Gasteiger partial charge in [0.05, 0.1) is 13.7 Å². The van der Waals surface area contributed by atoms with Crippen LogP contribution in [0.3, 0.4) is 0 Å². The van der Waals surface area contributed by atoms with Crippen LogP contribution in [0.2, 0.25) is 0 Å². The van der Waals surface area contributed by atoms with Crippen LogP contribution in [0.25, 0.3) is 6.08 Å². The summed E-state index contributed by atoms with van der Waals surface area (Å²) in [6.45, 7) is 0.870. The van der Waals surface area contributed by atoms with Crippen LogP contribution in [-0.4, -0.2) is 39.2 Å². The third-order valence-corrected chi connectivity index (χ3v) is 3.53. The average molecular weight is 354 g/mol. The van der Waals surface area contributed by atoms with Gasteiger partial charge in [-0.1, -0.05) is 18.2 Å². The third kappa shape index (κ3) is 6.07. The Balaban J connectivity index is 1.94. The van der Waals surface area contributed by atoms with E-state index in [9.17, 15) is 9.59 Å². The van der Waals surface area contributed by atoms with Crippen molar-refractivity contribution in [1.82, 2.24) is 5.32 Å². The molecule has 0 aliphatic rings. The van der Waals surface area contributed by atoms with Gasteiger partial charge in [-0.3, -0.25) is 9.59 Å². The van der Waals surface area contributed by atoms with E-state index in [0.717, 1.165) is 11.3 Å². The number of hydrogen-bond donors (Lipinski definition) is 2. The Morgan fingerprint density at radius 1 is 1.08 bits per heavy atom. The second kappa shape index (κ2) is 10.0. The fraction of sp³-hybridized carbons (Fsp3) is 0.200. The molecule has 0 saturated carbocycles. The summed E-state index contributed by atoms with van der Waals surface area (Å²) >= 11 is 0. The maximum Gasteiger partial charge on any atom is 0.251 e. The molecule has 6 heteroatoms. The van der Waals surface area contributed by atoms with Crippen molar-refractivity contribution < 1.29 is 19.1 Å². The quantitative estimate of drug-likeness (QED) is 0.564. The SMILES string of the molecule is COCCNC(=O)c1cccc(NC(=O)/C=C/c2ccc(OC)cc2)c1. The molecule has 2 amide bonds. The Hall–Kier alpha value is -3.12. The van der Waals surface area contributed by atoms with Gasteiger partial charge in [0.2, 0.25) is 5.91 Å². The number of methoxy groups -OCH3 is 2. The molecule has 0 heterocycles. The first-order chi connectivity index (χ1) is 12.6. The molecule has 2 aromatic carbocycles. The van der Waals surface area contributed by atoms with Crippen molar-refractivity contribution in [3.63, 3.8) is 0 Å². The summed E-state index contributed by atoms with van der Waals surface area (Å²) in [5.41, 5.74) is 1.90. The third-order valence-electron chi connectivity index (χ3n) is 3.53. The van der Waals surface area contributed by atoms with E-state index in [1.165, 1.54) is 6.08 Å². The molecule has 0 bridgehead atoms. The van der Waals surface area contributed by atoms with Crippen molar-refractivity contribution in [2.45, 2.75) is 0 Å². The van der Waals surface area contributed by atoms with Crippen LogP contribution in [0.15, 0.2) is 54.6 Å². The lowest BCUT2D eigenvalue weighted by Crippen LogP contribution is -2.27. The molecular formula is C20H22N2O4. The summed E-state index contributed by atoms with van der Waals surface area (Å²) in [6.07, 6.45) is 3.14. The standard InChI is InChI=1S/C20H22N2O4/c1-25-13-12-21-20(24)16-4-3-5-17(14-16)22-19(23)11-8-15-6-9-18(26-2)10-7-15/h3-11,14H,12-13H2,1-2H3,(H,21,24)(H,22,23)/b11-8+. The van der Waals surface area contributed by atoms with E-state index in [2.05, 4.69) is 10.6 Å². The maximum atomic E-state index is 12.1. The number of amides is 2. The number of benzene rings is 2. The van der Waals surface area contributed by atoms with Gasteiger partial charge >= 0.3 is 0 Å². The summed E-state index contributed by atoms with van der Waals surface area (Å²) in [7, 11) is 3.17. The fourth-order valence-electron chi connectivity index (χ4n) is 2.18. The number of rotatable bonds is 8. The molecule has 0 saturated heterocycles. The van der Waals surface area contributed by atoms with Gasteiger partial charge < -0.3 is 20.1 Å². The number of carbonyl (C=O) groups excluding carboxylic acids is 2. The molecule has 0 radical (unpaired) electrons. The molecule has 0 spiro atoms. The van der Waals surface area contributed by atoms with Gasteiger partial charge in [0.1, 0.15) is 5.75 Å². The van der Waals surface area contributed by atoms with Gasteiger partial charge in [-0.25, -0.2) is 0 Å². The van der Waals surface area contributed by atoms with E-state index in [1.807, 2.05) is 24.3 Å². The first-order valence-corrected chi connectivity index (χ1v) is 8.12. The molecule has 0 atom stereocenters. The Morgan fingerprint density at radius 2 is 1.85 bits per heavy atom. The number of hydrogen-bond acceptors (Lipinski definition) is 4. The van der Waals surface area contributed by atoms with Crippen LogP contribution < -0.4 is 15.4 Å². The molecule has 0 aliphatic carbocycles. The van der Waals surface area contributed by atoms with Crippen molar-refractivity contribution in [3.8, 4) is 5.75 Å². The number of nitrogens with one attached hydrogen (secondary N) is 2. The van der Waals surface area contributed by atoms with Crippen LogP contribution in [0, 0.1) is 0 Å². The Kier molecular flexibility index (Phi) is 7.39. The molecule has 2 rings (SSSR count). The lowest BCUT2D eigenvalue weighted by atomic mass is 10.2. The zero-order valence-electron chi connectivity index (χ0n) is 14.8. The minimum absolute atomic E-state index is 0.216. The first kappa shape index (κ1) is 19.2. The lowest BCUT2D eigenvalue weighted by Gasteiger charge is -2.07. The van der Waals surface area contributed by atoms with Crippen molar-refractivity contribution >= 4 is 23.6 Å². The van der Waals surface area contributed by atoms with E-state index in [4.69, 9.17) is 9.47 Å². The molecule has 6 nitrogen and oxygen atoms in total. The lowest BCUT2D eigenvalue weighted by molar-refractivity contribution is -0.111. The summed E-state index contributed by atoms with van der Waals surface area (Å²) in [5.74, 6) is 0.261. The first-order valence-electron chi connectivity index (χ1n) is 8.12. The van der Waals surface area contributed by atoms with Gasteiger partial charge in [-0.05, 0) is 42.0 Å². The summed E-state index contributed by atoms with van der Waals surface area (Å²) in [6, 6.07) is 14.1. The molecular weight excluding hydrogens is 332 g/mol. The van der Waals surface area contributed by atoms with Crippen LogP contribution in [-0.2, 0) is 9.53 Å². The minimum Gasteiger partial charge on any atom is -0.497 e. The number of anilines is 1. The van der Waals surface area contributed by atoms with E-state index >= 15 is 0 Å². The highest BCUT2D eigenvalue weighted by atomic mass is 16.5. The van der Waals surface area contributed by atoms with Crippen molar-refractivity contribution in [3.05, 3.63) is 65.7 Å². The summed E-state index contributed by atoms with van der Waals surface area (Å²) in [5, 5.41) is 5.48. The smallest absolute Gasteiger partial charge is 0.251 e. The summed E-state index contributed by atoms with van der Waals surface area (Å²) < 4.78 is 9.99. The zero-order chi connectivity index (χ0) is 18.8. The molecule has 0 unspecified atom stereocenters. The molecule has 26 heavy (non-hydrogen) atoms. The molecule has 0 aliphatic heterocycles.